The number of hydrogen-bond donors (Lipinski definition) is 0. The molecule has 0 aliphatic rings. The van der Waals surface area contributed by atoms with Crippen molar-refractivity contribution in [1.82, 2.24) is 4.98 Å². The van der Waals surface area contributed by atoms with E-state index in [0.29, 0.717) is 29.6 Å². The summed E-state index contributed by atoms with van der Waals surface area (Å²) in [6.07, 6.45) is 0.593. The van der Waals surface area contributed by atoms with Crippen molar-refractivity contribution in [2.24, 2.45) is 0 Å². The number of esters is 1. The van der Waals surface area contributed by atoms with E-state index in [2.05, 4.69) is 27.6 Å². The Balaban J connectivity index is 2.42. The van der Waals surface area contributed by atoms with E-state index in [4.69, 9.17) is 20.8 Å². The molecular weight excluding hydrogens is 393 g/mol. The lowest BCUT2D eigenvalue weighted by atomic mass is 10.2. The first-order valence-electron chi connectivity index (χ1n) is 6.19. The second kappa shape index (κ2) is 6.58. The summed E-state index contributed by atoms with van der Waals surface area (Å²) in [5, 5.41) is 0.622. The molecule has 106 valence electrons. The molecule has 2 aromatic rings. The van der Waals surface area contributed by atoms with Crippen LogP contribution in [0, 0.1) is 3.57 Å². The third-order valence-corrected chi connectivity index (χ3v) is 4.23. The highest BCUT2D eigenvalue weighted by atomic mass is 127. The Morgan fingerprint density at radius 2 is 2.20 bits per heavy atom. The average molecular weight is 406 g/mol. The Bertz CT molecular complexity index is 639. The van der Waals surface area contributed by atoms with Crippen molar-refractivity contribution in [2.45, 2.75) is 20.3 Å². The molecule has 0 unspecified atom stereocenters. The zero-order valence-electron chi connectivity index (χ0n) is 11.1. The zero-order chi connectivity index (χ0) is 14.7. The Hall–Kier alpha value is -1.08. The van der Waals surface area contributed by atoms with E-state index < -0.39 is 5.97 Å². The summed E-state index contributed by atoms with van der Waals surface area (Å²) >= 11 is 8.23. The molecule has 0 radical (unpaired) electrons. The highest BCUT2D eigenvalue weighted by molar-refractivity contribution is 14.1. The predicted molar refractivity (Wildman–Crippen MR) is 85.0 cm³/mol. The van der Waals surface area contributed by atoms with Gasteiger partial charge >= 0.3 is 5.97 Å². The number of aromatic nitrogens is 1. The van der Waals surface area contributed by atoms with Gasteiger partial charge in [0.05, 0.1) is 17.3 Å². The van der Waals surface area contributed by atoms with Crippen LogP contribution in [0.5, 0.6) is 0 Å². The smallest absolute Gasteiger partial charge is 0.376 e. The summed E-state index contributed by atoms with van der Waals surface area (Å²) in [6.45, 7) is 3.96. The molecule has 1 aromatic heterocycles. The van der Waals surface area contributed by atoms with Crippen LogP contribution >= 0.6 is 34.2 Å². The molecule has 2 rings (SSSR count). The lowest BCUT2D eigenvalue weighted by molar-refractivity contribution is 0.0489. The standard InChI is InChI=1S/C14H13ClINO3/c1-3-11-12(14(18)19-4-2)20-13(17-11)8-5-6-10(16)9(15)7-8/h5-7H,3-4H2,1-2H3. The molecule has 0 saturated carbocycles. The Kier molecular flexibility index (Phi) is 5.04. The third kappa shape index (κ3) is 3.15. The van der Waals surface area contributed by atoms with Gasteiger partial charge in [-0.3, -0.25) is 0 Å². The Labute approximate surface area is 135 Å². The van der Waals surface area contributed by atoms with Crippen molar-refractivity contribution in [3.8, 4) is 11.5 Å². The minimum atomic E-state index is -0.486. The first-order valence-corrected chi connectivity index (χ1v) is 7.64. The van der Waals surface area contributed by atoms with Gasteiger partial charge in [0, 0.05) is 9.13 Å². The normalized spacial score (nSPS) is 10.6. The molecule has 6 heteroatoms. The second-order valence-corrected chi connectivity index (χ2v) is 5.57. The van der Waals surface area contributed by atoms with E-state index in [1.165, 1.54) is 0 Å². The molecule has 0 fully saturated rings. The van der Waals surface area contributed by atoms with Gasteiger partial charge in [-0.2, -0.15) is 0 Å². The van der Waals surface area contributed by atoms with Gasteiger partial charge < -0.3 is 9.15 Å². The highest BCUT2D eigenvalue weighted by Gasteiger charge is 2.21. The second-order valence-electron chi connectivity index (χ2n) is 4.00. The van der Waals surface area contributed by atoms with Crippen LogP contribution in [0.2, 0.25) is 5.02 Å². The van der Waals surface area contributed by atoms with Crippen LogP contribution in [0.1, 0.15) is 30.1 Å². The molecule has 0 N–H and O–H groups in total. The molecule has 4 nitrogen and oxygen atoms in total. The maximum Gasteiger partial charge on any atom is 0.376 e. The molecule has 1 heterocycles. The van der Waals surface area contributed by atoms with Crippen LogP contribution in [0.25, 0.3) is 11.5 Å². The van der Waals surface area contributed by atoms with Crippen molar-refractivity contribution in [1.29, 1.82) is 0 Å². The first-order chi connectivity index (χ1) is 9.56. The number of rotatable bonds is 4. The van der Waals surface area contributed by atoms with Crippen LogP contribution in [-0.2, 0) is 11.2 Å². The average Bonchev–Trinajstić information content (AvgIpc) is 2.86. The summed E-state index contributed by atoms with van der Waals surface area (Å²) < 4.78 is 11.5. The number of aryl methyl sites for hydroxylation is 1. The molecular formula is C14H13ClINO3. The van der Waals surface area contributed by atoms with Crippen LogP contribution in [0.15, 0.2) is 22.6 Å². The lowest BCUT2D eigenvalue weighted by Gasteiger charge is -1.99. The van der Waals surface area contributed by atoms with Crippen molar-refractivity contribution in [3.05, 3.63) is 38.2 Å². The van der Waals surface area contributed by atoms with Crippen molar-refractivity contribution < 1.29 is 13.9 Å². The summed E-state index contributed by atoms with van der Waals surface area (Å²) in [5.74, 6) is 0.0573. The summed E-state index contributed by atoms with van der Waals surface area (Å²) in [7, 11) is 0. The van der Waals surface area contributed by atoms with E-state index in [0.717, 1.165) is 9.13 Å². The fraction of sp³-hybridized carbons (Fsp3) is 0.286. The monoisotopic (exact) mass is 405 g/mol. The topological polar surface area (TPSA) is 52.3 Å². The van der Waals surface area contributed by atoms with Gasteiger partial charge in [-0.25, -0.2) is 9.78 Å². The molecule has 20 heavy (non-hydrogen) atoms. The number of ether oxygens (including phenoxy) is 1. The van der Waals surface area contributed by atoms with Gasteiger partial charge in [-0.05, 0) is 54.1 Å². The van der Waals surface area contributed by atoms with Gasteiger partial charge in [-0.1, -0.05) is 18.5 Å². The fourth-order valence-corrected chi connectivity index (χ4v) is 2.22. The molecule has 1 aromatic carbocycles. The largest absolute Gasteiger partial charge is 0.460 e. The van der Waals surface area contributed by atoms with Crippen molar-refractivity contribution in [3.63, 3.8) is 0 Å². The summed E-state index contributed by atoms with van der Waals surface area (Å²) in [5.41, 5.74) is 1.33. The van der Waals surface area contributed by atoms with E-state index in [9.17, 15) is 4.79 Å². The number of carbonyl (C=O) groups excluding carboxylic acids is 1. The molecule has 0 saturated heterocycles. The van der Waals surface area contributed by atoms with E-state index in [-0.39, 0.29) is 5.76 Å². The number of benzene rings is 1. The van der Waals surface area contributed by atoms with Gasteiger partial charge in [-0.15, -0.1) is 0 Å². The van der Waals surface area contributed by atoms with Gasteiger partial charge in [0.2, 0.25) is 11.7 Å². The lowest BCUT2D eigenvalue weighted by Crippen LogP contribution is -2.05. The minimum absolute atomic E-state index is 0.166. The first kappa shape index (κ1) is 15.3. The van der Waals surface area contributed by atoms with Crippen molar-refractivity contribution in [2.75, 3.05) is 6.61 Å². The SMILES string of the molecule is CCOC(=O)c1oc(-c2ccc(I)c(Cl)c2)nc1CC. The maximum atomic E-state index is 11.8. The van der Waals surface area contributed by atoms with Gasteiger partial charge in [0.1, 0.15) is 0 Å². The Morgan fingerprint density at radius 1 is 1.45 bits per heavy atom. The fourth-order valence-electron chi connectivity index (χ4n) is 1.70. The number of oxazole rings is 1. The predicted octanol–water partition coefficient (Wildman–Crippen LogP) is 4.34. The van der Waals surface area contributed by atoms with Crippen LogP contribution in [-0.4, -0.2) is 17.6 Å². The summed E-state index contributed by atoms with van der Waals surface area (Å²) in [6, 6.07) is 5.50. The molecule has 0 bridgehead atoms. The molecule has 0 aliphatic heterocycles. The van der Waals surface area contributed by atoms with Gasteiger partial charge in [0.15, 0.2) is 0 Å². The Morgan fingerprint density at radius 3 is 2.80 bits per heavy atom. The summed E-state index contributed by atoms with van der Waals surface area (Å²) in [4.78, 5) is 16.2. The van der Waals surface area contributed by atoms with Crippen molar-refractivity contribution >= 4 is 40.2 Å². The van der Waals surface area contributed by atoms with Gasteiger partial charge in [0.25, 0.3) is 0 Å². The molecule has 0 amide bonds. The van der Waals surface area contributed by atoms with Crippen LogP contribution < -0.4 is 0 Å². The number of carbonyl (C=O) groups is 1. The number of nitrogens with zero attached hydrogens (tertiary/aromatic N) is 1. The number of hydrogen-bond acceptors (Lipinski definition) is 4. The molecule has 0 aliphatic carbocycles. The van der Waals surface area contributed by atoms with E-state index >= 15 is 0 Å². The highest BCUT2D eigenvalue weighted by Crippen LogP contribution is 2.28. The number of halogens is 2. The quantitative estimate of drug-likeness (QED) is 0.561. The maximum absolute atomic E-state index is 11.8. The zero-order valence-corrected chi connectivity index (χ0v) is 14.0. The van der Waals surface area contributed by atoms with E-state index in [1.807, 2.05) is 19.1 Å². The molecule has 0 atom stereocenters. The van der Waals surface area contributed by atoms with E-state index in [1.54, 1.807) is 13.0 Å². The van der Waals surface area contributed by atoms with Crippen LogP contribution in [0.3, 0.4) is 0 Å². The molecule has 0 spiro atoms. The minimum Gasteiger partial charge on any atom is -0.460 e. The van der Waals surface area contributed by atoms with Crippen LogP contribution in [0.4, 0.5) is 0 Å². The third-order valence-electron chi connectivity index (χ3n) is 2.66.